The van der Waals surface area contributed by atoms with Crippen LogP contribution < -0.4 is 5.32 Å². The van der Waals surface area contributed by atoms with Gasteiger partial charge in [-0.05, 0) is 12.8 Å². The van der Waals surface area contributed by atoms with Crippen molar-refractivity contribution < 1.29 is 5.11 Å². The third kappa shape index (κ3) is 2.11. The molecule has 0 aliphatic rings. The normalized spacial score (nSPS) is 12.9. The standard InChI is InChI=1S/C10H15N5O/c1-7(5-16)4-11-9-3-8(2)14-10-12-6-13-15(9)10/h3,6-7,11,16H,4-5H2,1-2H3. The van der Waals surface area contributed by atoms with E-state index in [1.807, 2.05) is 19.9 Å². The first kappa shape index (κ1) is 10.8. The zero-order valence-corrected chi connectivity index (χ0v) is 9.38. The molecule has 1 unspecified atom stereocenters. The van der Waals surface area contributed by atoms with Crippen LogP contribution in [0.1, 0.15) is 12.6 Å². The molecule has 0 aromatic carbocycles. The van der Waals surface area contributed by atoms with Crippen LogP contribution in [-0.2, 0) is 0 Å². The summed E-state index contributed by atoms with van der Waals surface area (Å²) >= 11 is 0. The summed E-state index contributed by atoms with van der Waals surface area (Å²) in [5.41, 5.74) is 0.889. The van der Waals surface area contributed by atoms with Gasteiger partial charge in [-0.25, -0.2) is 4.98 Å². The van der Waals surface area contributed by atoms with Crippen molar-refractivity contribution in [1.29, 1.82) is 0 Å². The van der Waals surface area contributed by atoms with E-state index in [1.54, 1.807) is 4.52 Å². The highest BCUT2D eigenvalue weighted by Crippen LogP contribution is 2.10. The molecule has 2 aromatic heterocycles. The molecule has 16 heavy (non-hydrogen) atoms. The molecule has 6 nitrogen and oxygen atoms in total. The molecule has 0 aliphatic carbocycles. The molecule has 2 heterocycles. The van der Waals surface area contributed by atoms with E-state index >= 15 is 0 Å². The van der Waals surface area contributed by atoms with E-state index in [9.17, 15) is 0 Å². The van der Waals surface area contributed by atoms with Gasteiger partial charge >= 0.3 is 0 Å². The largest absolute Gasteiger partial charge is 0.396 e. The number of rotatable bonds is 4. The summed E-state index contributed by atoms with van der Waals surface area (Å²) in [4.78, 5) is 8.28. The molecular formula is C10H15N5O. The number of aliphatic hydroxyl groups is 1. The SMILES string of the molecule is Cc1cc(NCC(C)CO)n2ncnc2n1. The average molecular weight is 221 g/mol. The van der Waals surface area contributed by atoms with Crippen LogP contribution >= 0.6 is 0 Å². The molecule has 1 atom stereocenters. The number of hydrogen-bond donors (Lipinski definition) is 2. The highest BCUT2D eigenvalue weighted by molar-refractivity contribution is 5.44. The van der Waals surface area contributed by atoms with Crippen LogP contribution in [0.25, 0.3) is 5.78 Å². The van der Waals surface area contributed by atoms with Crippen LogP contribution in [0, 0.1) is 12.8 Å². The van der Waals surface area contributed by atoms with Gasteiger partial charge in [-0.1, -0.05) is 6.92 Å². The Labute approximate surface area is 93.3 Å². The minimum atomic E-state index is 0.164. The van der Waals surface area contributed by atoms with E-state index in [0.29, 0.717) is 12.3 Å². The van der Waals surface area contributed by atoms with Crippen LogP contribution in [0.2, 0.25) is 0 Å². The number of aromatic nitrogens is 4. The van der Waals surface area contributed by atoms with Crippen molar-refractivity contribution in [3.8, 4) is 0 Å². The number of nitrogens with zero attached hydrogens (tertiary/aromatic N) is 4. The van der Waals surface area contributed by atoms with Crippen molar-refractivity contribution in [2.75, 3.05) is 18.5 Å². The Hall–Kier alpha value is -1.69. The third-order valence-corrected chi connectivity index (χ3v) is 2.32. The summed E-state index contributed by atoms with van der Waals surface area (Å²) in [7, 11) is 0. The second-order valence-electron chi connectivity index (χ2n) is 3.92. The Morgan fingerprint density at radius 1 is 1.56 bits per heavy atom. The third-order valence-electron chi connectivity index (χ3n) is 2.32. The van der Waals surface area contributed by atoms with E-state index < -0.39 is 0 Å². The van der Waals surface area contributed by atoms with Crippen molar-refractivity contribution in [3.63, 3.8) is 0 Å². The van der Waals surface area contributed by atoms with Crippen molar-refractivity contribution in [3.05, 3.63) is 18.1 Å². The predicted octanol–water partition coefficient (Wildman–Crippen LogP) is 0.473. The van der Waals surface area contributed by atoms with Crippen LogP contribution in [0.3, 0.4) is 0 Å². The van der Waals surface area contributed by atoms with Gasteiger partial charge in [-0.15, -0.1) is 0 Å². The number of hydrogen-bond acceptors (Lipinski definition) is 5. The van der Waals surface area contributed by atoms with Gasteiger partial charge in [0.25, 0.3) is 5.78 Å². The quantitative estimate of drug-likeness (QED) is 0.785. The van der Waals surface area contributed by atoms with Gasteiger partial charge in [0, 0.05) is 24.9 Å². The highest BCUT2D eigenvalue weighted by atomic mass is 16.3. The molecule has 0 radical (unpaired) electrons. The highest BCUT2D eigenvalue weighted by Gasteiger charge is 2.06. The minimum absolute atomic E-state index is 0.164. The fourth-order valence-corrected chi connectivity index (χ4v) is 1.40. The van der Waals surface area contributed by atoms with Gasteiger partial charge in [-0.2, -0.15) is 14.6 Å². The molecule has 0 bridgehead atoms. The molecule has 0 spiro atoms. The van der Waals surface area contributed by atoms with E-state index in [4.69, 9.17) is 5.11 Å². The maximum absolute atomic E-state index is 8.95. The summed E-state index contributed by atoms with van der Waals surface area (Å²) in [6.07, 6.45) is 1.47. The van der Waals surface area contributed by atoms with Crippen LogP contribution in [0.4, 0.5) is 5.82 Å². The van der Waals surface area contributed by atoms with Crippen molar-refractivity contribution in [2.24, 2.45) is 5.92 Å². The Kier molecular flexibility index (Phi) is 3.00. The maximum atomic E-state index is 8.95. The van der Waals surface area contributed by atoms with E-state index in [1.165, 1.54) is 6.33 Å². The van der Waals surface area contributed by atoms with Gasteiger partial charge in [0.05, 0.1) is 0 Å². The zero-order valence-electron chi connectivity index (χ0n) is 9.38. The van der Waals surface area contributed by atoms with Gasteiger partial charge in [0.1, 0.15) is 12.1 Å². The van der Waals surface area contributed by atoms with E-state index in [0.717, 1.165) is 11.5 Å². The molecule has 6 heteroatoms. The summed E-state index contributed by atoms with van der Waals surface area (Å²) in [6, 6.07) is 1.91. The summed E-state index contributed by atoms with van der Waals surface area (Å²) < 4.78 is 1.65. The molecular weight excluding hydrogens is 206 g/mol. The topological polar surface area (TPSA) is 75.3 Å². The van der Waals surface area contributed by atoms with Crippen molar-refractivity contribution in [2.45, 2.75) is 13.8 Å². The number of aliphatic hydroxyl groups excluding tert-OH is 1. The molecule has 0 saturated carbocycles. The van der Waals surface area contributed by atoms with Crippen LogP contribution in [-0.4, -0.2) is 37.8 Å². The number of anilines is 1. The minimum Gasteiger partial charge on any atom is -0.396 e. The predicted molar refractivity (Wildman–Crippen MR) is 60.3 cm³/mol. The van der Waals surface area contributed by atoms with Crippen molar-refractivity contribution in [1.82, 2.24) is 19.6 Å². The van der Waals surface area contributed by atoms with Crippen LogP contribution in [0.5, 0.6) is 0 Å². The lowest BCUT2D eigenvalue weighted by Gasteiger charge is -2.11. The number of nitrogens with one attached hydrogen (secondary N) is 1. The summed E-state index contributed by atoms with van der Waals surface area (Å²) in [5, 5.41) is 16.3. The first-order valence-corrected chi connectivity index (χ1v) is 5.23. The smallest absolute Gasteiger partial charge is 0.254 e. The second-order valence-corrected chi connectivity index (χ2v) is 3.92. The molecule has 2 aromatic rings. The van der Waals surface area contributed by atoms with Gasteiger partial charge < -0.3 is 10.4 Å². The molecule has 0 fully saturated rings. The fourth-order valence-electron chi connectivity index (χ4n) is 1.40. The zero-order chi connectivity index (χ0) is 11.5. The summed E-state index contributed by atoms with van der Waals surface area (Å²) in [6.45, 7) is 4.74. The molecule has 0 aliphatic heterocycles. The Bertz CT molecular complexity index is 481. The lowest BCUT2D eigenvalue weighted by molar-refractivity contribution is 0.244. The Balaban J connectivity index is 2.25. The van der Waals surface area contributed by atoms with Gasteiger partial charge in [0.15, 0.2) is 0 Å². The molecule has 86 valence electrons. The second kappa shape index (κ2) is 4.44. The summed E-state index contributed by atoms with van der Waals surface area (Å²) in [5.74, 6) is 1.63. The molecule has 0 saturated heterocycles. The number of fused-ring (bicyclic) bond motifs is 1. The lowest BCUT2D eigenvalue weighted by atomic mass is 10.2. The lowest BCUT2D eigenvalue weighted by Crippen LogP contribution is -2.16. The maximum Gasteiger partial charge on any atom is 0.254 e. The number of aryl methyl sites for hydroxylation is 1. The molecule has 2 N–H and O–H groups in total. The first-order valence-electron chi connectivity index (χ1n) is 5.23. The average Bonchev–Trinajstić information content (AvgIpc) is 2.73. The first-order chi connectivity index (χ1) is 7.70. The van der Waals surface area contributed by atoms with Gasteiger partial charge in [-0.3, -0.25) is 0 Å². The van der Waals surface area contributed by atoms with Gasteiger partial charge in [0.2, 0.25) is 0 Å². The van der Waals surface area contributed by atoms with E-state index in [2.05, 4.69) is 20.4 Å². The van der Waals surface area contributed by atoms with Crippen molar-refractivity contribution >= 4 is 11.6 Å². The fraction of sp³-hybridized carbons (Fsp3) is 0.500. The molecule has 0 amide bonds. The monoisotopic (exact) mass is 221 g/mol. The van der Waals surface area contributed by atoms with Crippen LogP contribution in [0.15, 0.2) is 12.4 Å². The Morgan fingerprint density at radius 2 is 2.38 bits per heavy atom. The molecule has 2 rings (SSSR count). The Morgan fingerprint density at radius 3 is 3.12 bits per heavy atom. The van der Waals surface area contributed by atoms with E-state index in [-0.39, 0.29) is 12.5 Å².